The minimum absolute atomic E-state index is 0.115. The van der Waals surface area contributed by atoms with Crippen LogP contribution in [0.25, 0.3) is 0 Å². The van der Waals surface area contributed by atoms with Gasteiger partial charge in [0.15, 0.2) is 0 Å². The molecule has 0 aromatic carbocycles. The Morgan fingerprint density at radius 2 is 1.75 bits per heavy atom. The molecule has 0 bridgehead atoms. The molecule has 3 aliphatic heterocycles. The fourth-order valence-electron chi connectivity index (χ4n) is 5.53. The van der Waals surface area contributed by atoms with Crippen molar-refractivity contribution in [3.63, 3.8) is 0 Å². The van der Waals surface area contributed by atoms with Crippen LogP contribution >= 0.6 is 0 Å². The molecule has 1 saturated carbocycles. The van der Waals surface area contributed by atoms with Crippen LogP contribution in [0, 0.1) is 5.92 Å². The number of rotatable bonds is 7. The van der Waals surface area contributed by atoms with Crippen LogP contribution in [0.15, 0.2) is 0 Å². The molecule has 158 valence electrons. The van der Waals surface area contributed by atoms with Gasteiger partial charge < -0.3 is 19.4 Å². The SMILES string of the molecule is O=C1CCCN1CC(=O)N(CC1CCN(C2CCCC2)CC1)CC1CCCO1. The normalized spacial score (nSPS) is 27.8. The van der Waals surface area contributed by atoms with Crippen LogP contribution in [0.4, 0.5) is 0 Å². The lowest BCUT2D eigenvalue weighted by atomic mass is 9.94. The van der Waals surface area contributed by atoms with E-state index >= 15 is 0 Å². The second kappa shape index (κ2) is 9.57. The van der Waals surface area contributed by atoms with Crippen LogP contribution in [0.1, 0.15) is 64.2 Å². The first kappa shape index (κ1) is 20.1. The Kier molecular flexibility index (Phi) is 6.89. The van der Waals surface area contributed by atoms with Crippen molar-refractivity contribution >= 4 is 11.8 Å². The molecule has 1 unspecified atom stereocenters. The molecule has 4 fully saturated rings. The average molecular weight is 392 g/mol. The summed E-state index contributed by atoms with van der Waals surface area (Å²) < 4.78 is 5.82. The highest BCUT2D eigenvalue weighted by atomic mass is 16.5. The molecule has 4 aliphatic rings. The van der Waals surface area contributed by atoms with E-state index in [4.69, 9.17) is 4.74 Å². The summed E-state index contributed by atoms with van der Waals surface area (Å²) in [6, 6.07) is 0.812. The quantitative estimate of drug-likeness (QED) is 0.668. The maximum absolute atomic E-state index is 13.0. The Labute approximate surface area is 169 Å². The fraction of sp³-hybridized carbons (Fsp3) is 0.909. The zero-order valence-corrected chi connectivity index (χ0v) is 17.3. The predicted molar refractivity (Wildman–Crippen MR) is 108 cm³/mol. The first-order valence-electron chi connectivity index (χ1n) is 11.6. The highest BCUT2D eigenvalue weighted by Crippen LogP contribution is 2.28. The molecule has 0 aromatic rings. The number of carbonyl (C=O) groups is 2. The van der Waals surface area contributed by atoms with Crippen molar-refractivity contribution in [2.24, 2.45) is 5.92 Å². The zero-order valence-electron chi connectivity index (χ0n) is 17.3. The highest BCUT2D eigenvalue weighted by molar-refractivity contribution is 5.85. The van der Waals surface area contributed by atoms with Gasteiger partial charge in [0, 0.05) is 38.7 Å². The van der Waals surface area contributed by atoms with Gasteiger partial charge in [-0.25, -0.2) is 0 Å². The number of ether oxygens (including phenoxy) is 1. The van der Waals surface area contributed by atoms with Gasteiger partial charge >= 0.3 is 0 Å². The van der Waals surface area contributed by atoms with E-state index in [9.17, 15) is 9.59 Å². The smallest absolute Gasteiger partial charge is 0.242 e. The van der Waals surface area contributed by atoms with Crippen LogP contribution in [0.5, 0.6) is 0 Å². The standard InChI is InChI=1S/C22H37N3O3/c26-21-8-3-11-24(21)17-22(27)25(16-20-7-4-14-28-20)15-18-9-12-23(13-10-18)19-5-1-2-6-19/h18-20H,1-17H2. The van der Waals surface area contributed by atoms with E-state index < -0.39 is 0 Å². The maximum Gasteiger partial charge on any atom is 0.242 e. The minimum Gasteiger partial charge on any atom is -0.376 e. The molecule has 0 aromatic heterocycles. The van der Waals surface area contributed by atoms with Crippen LogP contribution < -0.4 is 0 Å². The Hall–Kier alpha value is -1.14. The summed E-state index contributed by atoms with van der Waals surface area (Å²) >= 11 is 0. The molecule has 4 rings (SSSR count). The van der Waals surface area contributed by atoms with Crippen LogP contribution in [-0.4, -0.2) is 84.5 Å². The molecule has 6 heteroatoms. The van der Waals surface area contributed by atoms with Gasteiger partial charge in [-0.2, -0.15) is 0 Å². The Balaban J connectivity index is 1.30. The number of likely N-dealkylation sites (tertiary alicyclic amines) is 2. The molecule has 6 nitrogen and oxygen atoms in total. The van der Waals surface area contributed by atoms with E-state index in [2.05, 4.69) is 4.90 Å². The van der Waals surface area contributed by atoms with Crippen LogP contribution in [-0.2, 0) is 14.3 Å². The van der Waals surface area contributed by atoms with Crippen molar-refractivity contribution < 1.29 is 14.3 Å². The molecule has 0 spiro atoms. The van der Waals surface area contributed by atoms with Crippen molar-refractivity contribution in [1.29, 1.82) is 0 Å². The second-order valence-electron chi connectivity index (χ2n) is 9.27. The molecule has 1 atom stereocenters. The van der Waals surface area contributed by atoms with Gasteiger partial charge in [-0.3, -0.25) is 9.59 Å². The van der Waals surface area contributed by atoms with Gasteiger partial charge in [0.1, 0.15) is 0 Å². The molecule has 28 heavy (non-hydrogen) atoms. The monoisotopic (exact) mass is 391 g/mol. The second-order valence-corrected chi connectivity index (χ2v) is 9.27. The van der Waals surface area contributed by atoms with E-state index in [1.807, 2.05) is 4.90 Å². The number of amides is 2. The number of carbonyl (C=O) groups excluding carboxylic acids is 2. The van der Waals surface area contributed by atoms with Gasteiger partial charge in [0.25, 0.3) is 0 Å². The van der Waals surface area contributed by atoms with Crippen LogP contribution in [0.3, 0.4) is 0 Å². The molecule has 0 radical (unpaired) electrons. The minimum atomic E-state index is 0.115. The summed E-state index contributed by atoms with van der Waals surface area (Å²) in [5.41, 5.74) is 0. The summed E-state index contributed by atoms with van der Waals surface area (Å²) in [5.74, 6) is 0.830. The largest absolute Gasteiger partial charge is 0.376 e. The maximum atomic E-state index is 13.0. The van der Waals surface area contributed by atoms with E-state index in [1.165, 1.54) is 51.6 Å². The highest BCUT2D eigenvalue weighted by Gasteiger charge is 2.31. The van der Waals surface area contributed by atoms with Crippen molar-refractivity contribution in [2.45, 2.75) is 76.4 Å². The van der Waals surface area contributed by atoms with Crippen molar-refractivity contribution in [2.75, 3.05) is 45.9 Å². The van der Waals surface area contributed by atoms with Crippen molar-refractivity contribution in [3.05, 3.63) is 0 Å². The van der Waals surface area contributed by atoms with E-state index in [1.54, 1.807) is 4.90 Å². The Morgan fingerprint density at radius 3 is 2.39 bits per heavy atom. The molecule has 0 N–H and O–H groups in total. The van der Waals surface area contributed by atoms with Gasteiger partial charge in [-0.1, -0.05) is 12.8 Å². The molecule has 2 amide bonds. The third-order valence-corrected chi connectivity index (χ3v) is 7.27. The van der Waals surface area contributed by atoms with E-state index in [0.717, 1.165) is 45.0 Å². The molecule has 3 heterocycles. The van der Waals surface area contributed by atoms with Crippen molar-refractivity contribution in [1.82, 2.24) is 14.7 Å². The molecular formula is C22H37N3O3. The third-order valence-electron chi connectivity index (χ3n) is 7.27. The number of hydrogen-bond acceptors (Lipinski definition) is 4. The lowest BCUT2D eigenvalue weighted by Gasteiger charge is -2.38. The summed E-state index contributed by atoms with van der Waals surface area (Å²) in [7, 11) is 0. The lowest BCUT2D eigenvalue weighted by Crippen LogP contribution is -2.48. The first-order valence-corrected chi connectivity index (χ1v) is 11.6. The van der Waals surface area contributed by atoms with Gasteiger partial charge in [0.2, 0.25) is 11.8 Å². The summed E-state index contributed by atoms with van der Waals surface area (Å²) in [4.78, 5) is 31.5. The predicted octanol–water partition coefficient (Wildman–Crippen LogP) is 2.27. The van der Waals surface area contributed by atoms with Gasteiger partial charge in [-0.15, -0.1) is 0 Å². The van der Waals surface area contributed by atoms with Crippen LogP contribution in [0.2, 0.25) is 0 Å². The Bertz CT molecular complexity index is 535. The summed E-state index contributed by atoms with van der Waals surface area (Å²) in [5, 5.41) is 0. The molecular weight excluding hydrogens is 354 g/mol. The average Bonchev–Trinajstić information content (AvgIpc) is 3.46. The van der Waals surface area contributed by atoms with Gasteiger partial charge in [0.05, 0.1) is 12.6 Å². The van der Waals surface area contributed by atoms with E-state index in [-0.39, 0.29) is 24.5 Å². The number of nitrogens with zero attached hydrogens (tertiary/aromatic N) is 3. The Morgan fingerprint density at radius 1 is 0.964 bits per heavy atom. The van der Waals surface area contributed by atoms with Gasteiger partial charge in [-0.05, 0) is 64.0 Å². The third kappa shape index (κ3) is 5.07. The fourth-order valence-corrected chi connectivity index (χ4v) is 5.53. The number of hydrogen-bond donors (Lipinski definition) is 0. The molecule has 3 saturated heterocycles. The number of piperidine rings is 1. The topological polar surface area (TPSA) is 53.1 Å². The van der Waals surface area contributed by atoms with E-state index in [0.29, 0.717) is 18.9 Å². The summed E-state index contributed by atoms with van der Waals surface area (Å²) in [6.45, 7) is 5.70. The van der Waals surface area contributed by atoms with Crippen molar-refractivity contribution in [3.8, 4) is 0 Å². The first-order chi connectivity index (χ1) is 13.7. The lowest BCUT2D eigenvalue weighted by molar-refractivity contribution is -0.140. The zero-order chi connectivity index (χ0) is 19.3. The molecule has 1 aliphatic carbocycles. The summed E-state index contributed by atoms with van der Waals surface area (Å²) in [6.07, 6.45) is 11.7.